The van der Waals surface area contributed by atoms with E-state index in [0.29, 0.717) is 0 Å². The molecule has 70 valence electrons. The van der Waals surface area contributed by atoms with Crippen molar-refractivity contribution in [3.63, 3.8) is 0 Å². The second kappa shape index (κ2) is 4.49. The molecular formula is C9H18N2S. The molecule has 0 radical (unpaired) electrons. The molecule has 2 nitrogen and oxygen atoms in total. The van der Waals surface area contributed by atoms with E-state index in [4.69, 9.17) is 0 Å². The van der Waals surface area contributed by atoms with Crippen LogP contribution in [0, 0.1) is 5.92 Å². The van der Waals surface area contributed by atoms with Crippen LogP contribution >= 0.6 is 11.8 Å². The first kappa shape index (κ1) is 8.85. The molecule has 12 heavy (non-hydrogen) atoms. The van der Waals surface area contributed by atoms with Gasteiger partial charge in [-0.15, -0.1) is 0 Å². The largest absolute Gasteiger partial charge is 0.316 e. The second-order valence-corrected chi connectivity index (χ2v) is 4.99. The second-order valence-electron chi connectivity index (χ2n) is 3.77. The van der Waals surface area contributed by atoms with Crippen LogP contribution < -0.4 is 5.32 Å². The summed E-state index contributed by atoms with van der Waals surface area (Å²) in [5.41, 5.74) is 0. The van der Waals surface area contributed by atoms with E-state index in [1.54, 1.807) is 0 Å². The normalized spacial score (nSPS) is 27.0. The van der Waals surface area contributed by atoms with E-state index < -0.39 is 0 Å². The first-order valence-corrected chi connectivity index (χ1v) is 6.11. The predicted octanol–water partition coefficient (Wildman–Crippen LogP) is 0.645. The maximum atomic E-state index is 3.33. The van der Waals surface area contributed by atoms with Crippen LogP contribution in [0.4, 0.5) is 0 Å². The fraction of sp³-hybridized carbons (Fsp3) is 1.00. The monoisotopic (exact) mass is 186 g/mol. The first-order valence-electron chi connectivity index (χ1n) is 4.96. The van der Waals surface area contributed by atoms with Gasteiger partial charge in [0.1, 0.15) is 0 Å². The summed E-state index contributed by atoms with van der Waals surface area (Å²) in [7, 11) is 0. The fourth-order valence-electron chi connectivity index (χ4n) is 1.74. The van der Waals surface area contributed by atoms with Gasteiger partial charge in [0.05, 0.1) is 0 Å². The Hall–Kier alpha value is 0.270. The maximum Gasteiger partial charge on any atom is 0.00727 e. The molecule has 2 fully saturated rings. The summed E-state index contributed by atoms with van der Waals surface area (Å²) in [6.07, 6.45) is 1.41. The van der Waals surface area contributed by atoms with Gasteiger partial charge in [-0.2, -0.15) is 11.8 Å². The molecule has 2 heterocycles. The van der Waals surface area contributed by atoms with Gasteiger partial charge in [-0.3, -0.25) is 0 Å². The summed E-state index contributed by atoms with van der Waals surface area (Å²) in [6, 6.07) is 0. The van der Waals surface area contributed by atoms with Crippen LogP contribution in [0.3, 0.4) is 0 Å². The van der Waals surface area contributed by atoms with Crippen LogP contribution in [-0.4, -0.2) is 49.1 Å². The number of rotatable bonds is 3. The number of hydrogen-bond acceptors (Lipinski definition) is 3. The van der Waals surface area contributed by atoms with Crippen molar-refractivity contribution in [2.45, 2.75) is 6.42 Å². The highest BCUT2D eigenvalue weighted by Crippen LogP contribution is 2.13. The molecule has 0 spiro atoms. The van der Waals surface area contributed by atoms with Crippen LogP contribution in [0.2, 0.25) is 0 Å². The lowest BCUT2D eigenvalue weighted by Crippen LogP contribution is -2.44. The molecule has 0 saturated carbocycles. The Morgan fingerprint density at radius 3 is 2.58 bits per heavy atom. The standard InChI is InChI=1S/C9H18N2S/c1(9-7-10-8-9)2-11-3-5-12-6-4-11/h9-10H,1-8H2. The van der Waals surface area contributed by atoms with E-state index in [1.165, 1.54) is 50.7 Å². The van der Waals surface area contributed by atoms with Crippen LogP contribution in [0.15, 0.2) is 0 Å². The van der Waals surface area contributed by atoms with Crippen LogP contribution in [0.5, 0.6) is 0 Å². The van der Waals surface area contributed by atoms with E-state index in [2.05, 4.69) is 22.0 Å². The van der Waals surface area contributed by atoms with Gasteiger partial charge >= 0.3 is 0 Å². The third-order valence-corrected chi connectivity index (χ3v) is 3.77. The summed E-state index contributed by atoms with van der Waals surface area (Å²) in [5, 5.41) is 3.33. The molecular weight excluding hydrogens is 168 g/mol. The molecule has 0 aliphatic carbocycles. The molecule has 2 rings (SSSR count). The van der Waals surface area contributed by atoms with E-state index >= 15 is 0 Å². The number of thioether (sulfide) groups is 1. The minimum absolute atomic E-state index is 0.986. The van der Waals surface area contributed by atoms with Gasteiger partial charge in [-0.05, 0) is 32.0 Å². The van der Waals surface area contributed by atoms with Crippen LogP contribution in [-0.2, 0) is 0 Å². The summed E-state index contributed by atoms with van der Waals surface area (Å²) in [6.45, 7) is 6.52. The Balaban J connectivity index is 1.58. The van der Waals surface area contributed by atoms with Gasteiger partial charge in [0.15, 0.2) is 0 Å². The Morgan fingerprint density at radius 1 is 1.25 bits per heavy atom. The zero-order valence-electron chi connectivity index (χ0n) is 7.59. The van der Waals surface area contributed by atoms with Crippen molar-refractivity contribution < 1.29 is 0 Å². The number of nitrogens with one attached hydrogen (secondary N) is 1. The highest BCUT2D eigenvalue weighted by atomic mass is 32.2. The van der Waals surface area contributed by atoms with Crippen molar-refractivity contribution in [2.75, 3.05) is 44.2 Å². The molecule has 0 bridgehead atoms. The summed E-state index contributed by atoms with van der Waals surface area (Å²) < 4.78 is 0. The van der Waals surface area contributed by atoms with Gasteiger partial charge < -0.3 is 10.2 Å². The lowest BCUT2D eigenvalue weighted by molar-refractivity contribution is 0.241. The van der Waals surface area contributed by atoms with Crippen molar-refractivity contribution in [1.82, 2.24) is 10.2 Å². The third-order valence-electron chi connectivity index (χ3n) is 2.82. The van der Waals surface area contributed by atoms with Crippen molar-refractivity contribution in [3.8, 4) is 0 Å². The van der Waals surface area contributed by atoms with Crippen LogP contribution in [0.25, 0.3) is 0 Å². The van der Waals surface area contributed by atoms with Crippen molar-refractivity contribution >= 4 is 11.8 Å². The summed E-state index contributed by atoms with van der Waals surface area (Å²) in [4.78, 5) is 2.62. The lowest BCUT2D eigenvalue weighted by Gasteiger charge is -2.31. The fourth-order valence-corrected chi connectivity index (χ4v) is 2.72. The summed E-state index contributed by atoms with van der Waals surface area (Å²) >= 11 is 2.10. The Labute approximate surface area is 79.1 Å². The topological polar surface area (TPSA) is 15.3 Å². The van der Waals surface area contributed by atoms with Crippen molar-refractivity contribution in [2.24, 2.45) is 5.92 Å². The Kier molecular flexibility index (Phi) is 3.31. The van der Waals surface area contributed by atoms with E-state index in [0.717, 1.165) is 5.92 Å². The highest BCUT2D eigenvalue weighted by Gasteiger charge is 2.18. The van der Waals surface area contributed by atoms with Gasteiger partial charge in [0.2, 0.25) is 0 Å². The molecule has 0 amide bonds. The molecule has 0 aromatic carbocycles. The molecule has 2 aliphatic rings. The average molecular weight is 186 g/mol. The van der Waals surface area contributed by atoms with Gasteiger partial charge in [-0.1, -0.05) is 0 Å². The van der Waals surface area contributed by atoms with Crippen LogP contribution in [0.1, 0.15) is 6.42 Å². The van der Waals surface area contributed by atoms with E-state index in [9.17, 15) is 0 Å². The minimum Gasteiger partial charge on any atom is -0.316 e. The summed E-state index contributed by atoms with van der Waals surface area (Å²) in [5.74, 6) is 3.69. The lowest BCUT2D eigenvalue weighted by atomic mass is 9.99. The highest BCUT2D eigenvalue weighted by molar-refractivity contribution is 7.99. The SMILES string of the molecule is C1CN(CCC2CNC2)CCS1. The minimum atomic E-state index is 0.986. The molecule has 0 atom stereocenters. The molecule has 3 heteroatoms. The molecule has 1 N–H and O–H groups in total. The zero-order chi connectivity index (χ0) is 8.23. The van der Waals surface area contributed by atoms with Gasteiger partial charge in [-0.25, -0.2) is 0 Å². The van der Waals surface area contributed by atoms with Gasteiger partial charge in [0, 0.05) is 24.6 Å². The maximum absolute atomic E-state index is 3.33. The number of nitrogens with zero attached hydrogens (tertiary/aromatic N) is 1. The van der Waals surface area contributed by atoms with Crippen molar-refractivity contribution in [3.05, 3.63) is 0 Å². The Morgan fingerprint density at radius 2 is 2.00 bits per heavy atom. The number of hydrogen-bond donors (Lipinski definition) is 1. The Bertz CT molecular complexity index is 130. The zero-order valence-corrected chi connectivity index (χ0v) is 8.41. The molecule has 0 aromatic rings. The van der Waals surface area contributed by atoms with Crippen molar-refractivity contribution in [1.29, 1.82) is 0 Å². The third kappa shape index (κ3) is 2.38. The first-order chi connectivity index (χ1) is 5.95. The average Bonchev–Trinajstić information content (AvgIpc) is 2.04. The molecule has 0 aromatic heterocycles. The molecule has 0 unspecified atom stereocenters. The predicted molar refractivity (Wildman–Crippen MR) is 54.7 cm³/mol. The van der Waals surface area contributed by atoms with Gasteiger partial charge in [0.25, 0.3) is 0 Å². The molecule has 2 saturated heterocycles. The van der Waals surface area contributed by atoms with E-state index in [-0.39, 0.29) is 0 Å². The smallest absolute Gasteiger partial charge is 0.00727 e. The van der Waals surface area contributed by atoms with E-state index in [1.807, 2.05) is 0 Å². The quantitative estimate of drug-likeness (QED) is 0.696. The molecule has 2 aliphatic heterocycles.